The molecule has 1 atom stereocenters. The van der Waals surface area contributed by atoms with E-state index in [2.05, 4.69) is 10.4 Å². The summed E-state index contributed by atoms with van der Waals surface area (Å²) in [6.07, 6.45) is 1.39. The fraction of sp³-hybridized carbons (Fsp3) is 0.150. The highest BCUT2D eigenvalue weighted by Gasteiger charge is 2.18. The van der Waals surface area contributed by atoms with Gasteiger partial charge in [-0.15, -0.1) is 0 Å². The van der Waals surface area contributed by atoms with Crippen LogP contribution in [0.15, 0.2) is 64.5 Å². The quantitative estimate of drug-likeness (QED) is 0.429. The summed E-state index contributed by atoms with van der Waals surface area (Å²) in [6, 6.07) is 12.5. The van der Waals surface area contributed by atoms with Gasteiger partial charge in [0.15, 0.2) is 5.69 Å². The van der Waals surface area contributed by atoms with Crippen LogP contribution in [0.5, 0.6) is 0 Å². The minimum absolute atomic E-state index is 0.00217. The Kier molecular flexibility index (Phi) is 6.17. The second kappa shape index (κ2) is 8.78. The summed E-state index contributed by atoms with van der Waals surface area (Å²) >= 11 is 1.34. The number of carboxylic acid groups (broad SMARTS) is 1. The normalized spacial score (nSPS) is 11.7. The summed E-state index contributed by atoms with van der Waals surface area (Å²) in [5.41, 5.74) is 1.18. The second-order valence-electron chi connectivity index (χ2n) is 6.54. The van der Waals surface area contributed by atoms with Gasteiger partial charge in [-0.1, -0.05) is 29.5 Å². The summed E-state index contributed by atoms with van der Waals surface area (Å²) in [4.78, 5) is 35.8. The number of aryl methyl sites for hydroxylation is 1. The Labute approximate surface area is 175 Å². The number of nitro groups is 1. The predicted molar refractivity (Wildman–Crippen MR) is 111 cm³/mol. The number of nitrogens with one attached hydrogen (secondary N) is 1. The van der Waals surface area contributed by atoms with Gasteiger partial charge in [0.2, 0.25) is 0 Å². The molecular formula is C20H18N4O5S. The Morgan fingerprint density at radius 1 is 1.17 bits per heavy atom. The molecule has 0 bridgehead atoms. The van der Waals surface area contributed by atoms with Gasteiger partial charge in [0.05, 0.1) is 4.92 Å². The molecule has 154 valence electrons. The first-order valence-electron chi connectivity index (χ1n) is 8.86. The molecule has 10 heteroatoms. The highest BCUT2D eigenvalue weighted by atomic mass is 32.2. The van der Waals surface area contributed by atoms with Crippen molar-refractivity contribution in [1.82, 2.24) is 9.78 Å². The lowest BCUT2D eigenvalue weighted by Crippen LogP contribution is -2.18. The molecule has 0 fully saturated rings. The summed E-state index contributed by atoms with van der Waals surface area (Å²) < 4.78 is 1.16. The fourth-order valence-electron chi connectivity index (χ4n) is 2.55. The van der Waals surface area contributed by atoms with E-state index in [4.69, 9.17) is 5.11 Å². The molecule has 3 aromatic rings. The van der Waals surface area contributed by atoms with Crippen molar-refractivity contribution < 1.29 is 19.6 Å². The van der Waals surface area contributed by atoms with Crippen LogP contribution in [0, 0.1) is 17.0 Å². The van der Waals surface area contributed by atoms with E-state index < -0.39 is 22.8 Å². The maximum atomic E-state index is 12.5. The number of hydrogen-bond acceptors (Lipinski definition) is 6. The van der Waals surface area contributed by atoms with Crippen molar-refractivity contribution in [2.24, 2.45) is 0 Å². The number of hydrogen-bond donors (Lipinski definition) is 2. The topological polar surface area (TPSA) is 127 Å². The lowest BCUT2D eigenvalue weighted by molar-refractivity contribution is -0.385. The van der Waals surface area contributed by atoms with Crippen LogP contribution in [0.4, 0.5) is 11.4 Å². The minimum atomic E-state index is -1.08. The Morgan fingerprint density at radius 3 is 2.50 bits per heavy atom. The van der Waals surface area contributed by atoms with Gasteiger partial charge < -0.3 is 10.4 Å². The molecule has 0 aliphatic heterocycles. The molecule has 0 spiro atoms. The van der Waals surface area contributed by atoms with E-state index >= 15 is 0 Å². The molecule has 9 nitrogen and oxygen atoms in total. The van der Waals surface area contributed by atoms with Gasteiger partial charge >= 0.3 is 5.97 Å². The molecule has 1 aromatic heterocycles. The molecule has 2 N–H and O–H groups in total. The van der Waals surface area contributed by atoms with Crippen LogP contribution >= 0.6 is 11.8 Å². The van der Waals surface area contributed by atoms with Crippen molar-refractivity contribution in [3.8, 4) is 0 Å². The van der Waals surface area contributed by atoms with Gasteiger partial charge in [-0.25, -0.2) is 4.79 Å². The standard InChI is InChI=1S/C20H18N4O5S/c1-12-3-5-16(6-4-12)30-17-10-14(9-15(11-17)24(28)29)21-19(25)18-7-8-23(22-18)13(2)20(26)27/h3-11,13H,1-2H3,(H,21,25)(H,26,27). The van der Waals surface area contributed by atoms with E-state index in [1.54, 1.807) is 6.07 Å². The third-order valence-corrected chi connectivity index (χ3v) is 5.19. The Morgan fingerprint density at radius 2 is 1.87 bits per heavy atom. The highest BCUT2D eigenvalue weighted by Crippen LogP contribution is 2.33. The fourth-order valence-corrected chi connectivity index (χ4v) is 3.46. The number of rotatable bonds is 7. The van der Waals surface area contributed by atoms with E-state index in [0.29, 0.717) is 4.90 Å². The first-order chi connectivity index (χ1) is 14.2. The lowest BCUT2D eigenvalue weighted by atomic mass is 10.2. The van der Waals surface area contributed by atoms with Crippen molar-refractivity contribution >= 4 is 35.0 Å². The van der Waals surface area contributed by atoms with E-state index in [0.717, 1.165) is 15.1 Å². The van der Waals surface area contributed by atoms with Crippen molar-refractivity contribution in [3.63, 3.8) is 0 Å². The SMILES string of the molecule is Cc1ccc(Sc2cc(NC(=O)c3ccn(C(C)C(=O)O)n3)cc([N+](=O)[O-])c2)cc1. The zero-order valence-corrected chi connectivity index (χ0v) is 16.9. The Hall–Kier alpha value is -3.66. The number of anilines is 1. The van der Waals surface area contributed by atoms with Gasteiger partial charge in [-0.05, 0) is 38.1 Å². The molecule has 2 aromatic carbocycles. The number of non-ortho nitro benzene ring substituents is 1. The summed E-state index contributed by atoms with van der Waals surface area (Å²) in [7, 11) is 0. The number of aliphatic carboxylic acids is 1. The average Bonchev–Trinajstić information content (AvgIpc) is 3.19. The smallest absolute Gasteiger partial charge is 0.328 e. The number of nitro benzene ring substituents is 1. The Bertz CT molecular complexity index is 1110. The highest BCUT2D eigenvalue weighted by molar-refractivity contribution is 7.99. The molecule has 1 amide bonds. The minimum Gasteiger partial charge on any atom is -0.480 e. The molecule has 30 heavy (non-hydrogen) atoms. The molecular weight excluding hydrogens is 408 g/mol. The first-order valence-corrected chi connectivity index (χ1v) is 9.68. The van der Waals surface area contributed by atoms with E-state index in [1.807, 2.05) is 31.2 Å². The average molecular weight is 426 g/mol. The largest absolute Gasteiger partial charge is 0.480 e. The third kappa shape index (κ3) is 5.03. The molecule has 0 radical (unpaired) electrons. The van der Waals surface area contributed by atoms with Gasteiger partial charge in [-0.2, -0.15) is 5.10 Å². The number of nitrogens with zero attached hydrogens (tertiary/aromatic N) is 3. The predicted octanol–water partition coefficient (Wildman–Crippen LogP) is 4.15. The molecule has 1 heterocycles. The maximum absolute atomic E-state index is 12.5. The molecule has 1 unspecified atom stereocenters. The van der Waals surface area contributed by atoms with Crippen molar-refractivity contribution in [1.29, 1.82) is 0 Å². The van der Waals surface area contributed by atoms with Crippen LogP contribution in [0.3, 0.4) is 0 Å². The summed E-state index contributed by atoms with van der Waals surface area (Å²) in [6.45, 7) is 3.40. The van der Waals surface area contributed by atoms with Crippen LogP contribution in [-0.2, 0) is 4.79 Å². The number of amides is 1. The van der Waals surface area contributed by atoms with E-state index in [1.165, 1.54) is 43.1 Å². The van der Waals surface area contributed by atoms with Gasteiger partial charge in [0, 0.05) is 33.8 Å². The van der Waals surface area contributed by atoms with Crippen molar-refractivity contribution in [2.75, 3.05) is 5.32 Å². The van der Waals surface area contributed by atoms with Crippen LogP contribution < -0.4 is 5.32 Å². The molecule has 0 aliphatic rings. The third-order valence-electron chi connectivity index (χ3n) is 4.21. The zero-order chi connectivity index (χ0) is 21.8. The van der Waals surface area contributed by atoms with Crippen LogP contribution in [0.2, 0.25) is 0 Å². The lowest BCUT2D eigenvalue weighted by Gasteiger charge is -2.08. The van der Waals surface area contributed by atoms with Crippen LogP contribution in [0.25, 0.3) is 0 Å². The van der Waals surface area contributed by atoms with E-state index in [9.17, 15) is 19.7 Å². The number of carbonyl (C=O) groups excluding carboxylic acids is 1. The van der Waals surface area contributed by atoms with Gasteiger partial charge in [-0.3, -0.25) is 19.6 Å². The molecule has 0 saturated carbocycles. The van der Waals surface area contributed by atoms with Crippen molar-refractivity contribution in [3.05, 3.63) is 76.1 Å². The van der Waals surface area contributed by atoms with Crippen LogP contribution in [0.1, 0.15) is 29.0 Å². The monoisotopic (exact) mass is 426 g/mol. The molecule has 0 saturated heterocycles. The van der Waals surface area contributed by atoms with Gasteiger partial charge in [0.1, 0.15) is 6.04 Å². The van der Waals surface area contributed by atoms with Gasteiger partial charge in [0.25, 0.3) is 11.6 Å². The first kappa shape index (κ1) is 21.1. The maximum Gasteiger partial charge on any atom is 0.328 e. The number of carboxylic acids is 1. The molecule has 3 rings (SSSR count). The van der Waals surface area contributed by atoms with E-state index in [-0.39, 0.29) is 17.1 Å². The Balaban J connectivity index is 1.83. The van der Waals surface area contributed by atoms with Crippen LogP contribution in [-0.4, -0.2) is 31.7 Å². The summed E-state index contributed by atoms with van der Waals surface area (Å²) in [5, 5.41) is 26.9. The second-order valence-corrected chi connectivity index (χ2v) is 7.68. The number of aromatic nitrogens is 2. The number of benzene rings is 2. The number of carbonyl (C=O) groups is 2. The van der Waals surface area contributed by atoms with Crippen molar-refractivity contribution in [2.45, 2.75) is 29.7 Å². The molecule has 0 aliphatic carbocycles. The zero-order valence-electron chi connectivity index (χ0n) is 16.1. The summed E-state index contributed by atoms with van der Waals surface area (Å²) in [5.74, 6) is -1.68.